The maximum Gasteiger partial charge on any atom is 0.303 e. The molecule has 0 saturated heterocycles. The molecule has 4 nitrogen and oxygen atoms in total. The van der Waals surface area contributed by atoms with E-state index in [0.29, 0.717) is 12.8 Å². The molecule has 0 heterocycles. The van der Waals surface area contributed by atoms with Crippen molar-refractivity contribution in [1.82, 2.24) is 5.32 Å². The first kappa shape index (κ1) is 26.9. The van der Waals surface area contributed by atoms with Crippen molar-refractivity contribution in [2.24, 2.45) is 0 Å². The Morgan fingerprint density at radius 2 is 0.929 bits per heavy atom. The summed E-state index contributed by atoms with van der Waals surface area (Å²) < 4.78 is 0. The molecule has 1 amide bonds. The van der Waals surface area contributed by atoms with E-state index >= 15 is 0 Å². The van der Waals surface area contributed by atoms with Crippen LogP contribution >= 0.6 is 0 Å². The summed E-state index contributed by atoms with van der Waals surface area (Å²) in [6.07, 6.45) is 23.3. The van der Waals surface area contributed by atoms with Crippen LogP contribution < -0.4 is 5.32 Å². The molecule has 0 bridgehead atoms. The number of carboxylic acid groups (broad SMARTS) is 1. The first-order chi connectivity index (χ1) is 13.7. The molecule has 2 N–H and O–H groups in total. The molecule has 28 heavy (non-hydrogen) atoms. The van der Waals surface area contributed by atoms with Gasteiger partial charge in [-0.25, -0.2) is 0 Å². The average Bonchev–Trinajstić information content (AvgIpc) is 2.67. The van der Waals surface area contributed by atoms with Crippen molar-refractivity contribution < 1.29 is 14.7 Å². The van der Waals surface area contributed by atoms with Crippen LogP contribution in [0.25, 0.3) is 0 Å². The van der Waals surface area contributed by atoms with Crippen molar-refractivity contribution >= 4 is 11.9 Å². The van der Waals surface area contributed by atoms with Crippen LogP contribution in [0, 0.1) is 0 Å². The van der Waals surface area contributed by atoms with Gasteiger partial charge in [-0.15, -0.1) is 0 Å². The number of unbranched alkanes of at least 4 members (excludes halogenated alkanes) is 16. The Morgan fingerprint density at radius 3 is 1.29 bits per heavy atom. The van der Waals surface area contributed by atoms with Crippen LogP contribution in [0.4, 0.5) is 0 Å². The second-order valence-corrected chi connectivity index (χ2v) is 8.25. The van der Waals surface area contributed by atoms with Gasteiger partial charge in [0.2, 0.25) is 5.91 Å². The highest BCUT2D eigenvalue weighted by Gasteiger charge is 2.00. The van der Waals surface area contributed by atoms with Crippen LogP contribution in [0.2, 0.25) is 0 Å². The topological polar surface area (TPSA) is 66.4 Å². The van der Waals surface area contributed by atoms with E-state index in [2.05, 4.69) is 12.2 Å². The van der Waals surface area contributed by atoms with E-state index < -0.39 is 5.97 Å². The van der Waals surface area contributed by atoms with Gasteiger partial charge in [0.05, 0.1) is 0 Å². The van der Waals surface area contributed by atoms with Crippen molar-refractivity contribution in [2.75, 3.05) is 6.54 Å². The largest absolute Gasteiger partial charge is 0.481 e. The van der Waals surface area contributed by atoms with E-state index in [1.807, 2.05) is 0 Å². The number of amides is 1. The van der Waals surface area contributed by atoms with E-state index in [9.17, 15) is 9.59 Å². The van der Waals surface area contributed by atoms with Crippen molar-refractivity contribution in [1.29, 1.82) is 0 Å². The summed E-state index contributed by atoms with van der Waals surface area (Å²) in [5, 5.41) is 11.6. The van der Waals surface area contributed by atoms with Crippen molar-refractivity contribution in [3.8, 4) is 0 Å². The Labute approximate surface area is 174 Å². The van der Waals surface area contributed by atoms with Gasteiger partial charge < -0.3 is 10.4 Å². The summed E-state index contributed by atoms with van der Waals surface area (Å²) in [5.41, 5.74) is 0. The number of hydrogen-bond acceptors (Lipinski definition) is 2. The van der Waals surface area contributed by atoms with Crippen LogP contribution in [0.1, 0.15) is 135 Å². The summed E-state index contributed by atoms with van der Waals surface area (Å²) in [5.74, 6) is -0.436. The predicted octanol–water partition coefficient (Wildman–Crippen LogP) is 7.01. The zero-order valence-corrected chi connectivity index (χ0v) is 18.6. The second-order valence-electron chi connectivity index (χ2n) is 8.25. The van der Waals surface area contributed by atoms with Gasteiger partial charge in [0.15, 0.2) is 0 Å². The smallest absolute Gasteiger partial charge is 0.303 e. The third kappa shape index (κ3) is 23.0. The predicted molar refractivity (Wildman–Crippen MR) is 119 cm³/mol. The summed E-state index contributed by atoms with van der Waals surface area (Å²) in [6.45, 7) is 2.98. The maximum atomic E-state index is 11.6. The molecule has 0 aromatic heterocycles. The minimum Gasteiger partial charge on any atom is -0.481 e. The van der Waals surface area contributed by atoms with Crippen molar-refractivity contribution in [2.45, 2.75) is 135 Å². The van der Waals surface area contributed by atoms with Crippen molar-refractivity contribution in [3.63, 3.8) is 0 Å². The summed E-state index contributed by atoms with van der Waals surface area (Å²) in [6, 6.07) is 0. The highest BCUT2D eigenvalue weighted by Crippen LogP contribution is 2.14. The lowest BCUT2D eigenvalue weighted by Crippen LogP contribution is -2.23. The zero-order valence-electron chi connectivity index (χ0n) is 18.6. The van der Waals surface area contributed by atoms with Gasteiger partial charge in [-0.05, 0) is 19.3 Å². The standard InChI is InChI=1S/C24H47NO3/c1-2-3-22-25-23(26)20-18-16-14-12-10-8-6-4-5-7-9-11-13-15-17-19-21-24(27)28/h2-22H2,1H3,(H,25,26)(H,27,28). The molecule has 0 aliphatic rings. The number of aliphatic carboxylic acids is 1. The molecule has 4 heteroatoms. The number of carbonyl (C=O) groups excluding carboxylic acids is 1. The van der Waals surface area contributed by atoms with Gasteiger partial charge in [-0.2, -0.15) is 0 Å². The van der Waals surface area contributed by atoms with Gasteiger partial charge in [-0.3, -0.25) is 9.59 Å². The molecule has 0 atom stereocenters. The van der Waals surface area contributed by atoms with E-state index in [-0.39, 0.29) is 5.91 Å². The molecule has 0 saturated carbocycles. The summed E-state index contributed by atoms with van der Waals surface area (Å²) >= 11 is 0. The Bertz CT molecular complexity index is 358. The molecule has 0 spiro atoms. The highest BCUT2D eigenvalue weighted by atomic mass is 16.4. The number of rotatable bonds is 22. The van der Waals surface area contributed by atoms with Crippen LogP contribution in [-0.4, -0.2) is 23.5 Å². The molecule has 0 aliphatic heterocycles. The minimum absolute atomic E-state index is 0.228. The van der Waals surface area contributed by atoms with Crippen LogP contribution in [0.15, 0.2) is 0 Å². The molecule has 0 unspecified atom stereocenters. The molecule has 0 fully saturated rings. The Kier molecular flexibility index (Phi) is 21.4. The highest BCUT2D eigenvalue weighted by molar-refractivity contribution is 5.75. The molecule has 0 aromatic rings. The molecule has 0 rings (SSSR count). The van der Waals surface area contributed by atoms with Crippen LogP contribution in [0.5, 0.6) is 0 Å². The number of hydrogen-bond donors (Lipinski definition) is 2. The van der Waals surface area contributed by atoms with E-state index in [4.69, 9.17) is 5.11 Å². The third-order valence-corrected chi connectivity index (χ3v) is 5.40. The lowest BCUT2D eigenvalue weighted by Gasteiger charge is -2.05. The van der Waals surface area contributed by atoms with Gasteiger partial charge >= 0.3 is 5.97 Å². The summed E-state index contributed by atoms with van der Waals surface area (Å²) in [7, 11) is 0. The monoisotopic (exact) mass is 397 g/mol. The third-order valence-electron chi connectivity index (χ3n) is 5.40. The molecular formula is C24H47NO3. The van der Waals surface area contributed by atoms with Gasteiger partial charge in [-0.1, -0.05) is 103 Å². The Morgan fingerprint density at radius 1 is 0.571 bits per heavy atom. The molecule has 166 valence electrons. The molecule has 0 aliphatic carbocycles. The van der Waals surface area contributed by atoms with Gasteiger partial charge in [0.1, 0.15) is 0 Å². The van der Waals surface area contributed by atoms with E-state index in [1.165, 1.54) is 83.5 Å². The number of carbonyl (C=O) groups is 2. The number of nitrogens with one attached hydrogen (secondary N) is 1. The van der Waals surface area contributed by atoms with Gasteiger partial charge in [0.25, 0.3) is 0 Å². The minimum atomic E-state index is -0.665. The fraction of sp³-hybridized carbons (Fsp3) is 0.917. The maximum absolute atomic E-state index is 11.6. The zero-order chi connectivity index (χ0) is 20.7. The Hall–Kier alpha value is -1.06. The lowest BCUT2D eigenvalue weighted by atomic mass is 10.0. The van der Waals surface area contributed by atoms with E-state index in [1.54, 1.807) is 0 Å². The lowest BCUT2D eigenvalue weighted by molar-refractivity contribution is -0.137. The SMILES string of the molecule is CCCCNC(=O)CCCCCCCCCCCCCCCCCCC(=O)O. The fourth-order valence-electron chi connectivity index (χ4n) is 3.53. The van der Waals surface area contributed by atoms with Crippen LogP contribution in [0.3, 0.4) is 0 Å². The second kappa shape index (κ2) is 22.2. The molecular weight excluding hydrogens is 350 g/mol. The average molecular weight is 398 g/mol. The quantitative estimate of drug-likeness (QED) is 0.193. The van der Waals surface area contributed by atoms with E-state index in [0.717, 1.165) is 38.6 Å². The van der Waals surface area contributed by atoms with Gasteiger partial charge in [0, 0.05) is 19.4 Å². The number of carboxylic acids is 1. The summed E-state index contributed by atoms with van der Waals surface area (Å²) in [4.78, 5) is 22.0. The fourth-order valence-corrected chi connectivity index (χ4v) is 3.53. The Balaban J connectivity index is 3.08. The first-order valence-corrected chi connectivity index (χ1v) is 12.1. The van der Waals surface area contributed by atoms with Crippen molar-refractivity contribution in [3.05, 3.63) is 0 Å². The molecule has 0 aromatic carbocycles. The molecule has 0 radical (unpaired) electrons. The normalized spacial score (nSPS) is 10.9. The first-order valence-electron chi connectivity index (χ1n) is 12.1. The van der Waals surface area contributed by atoms with Crippen LogP contribution in [-0.2, 0) is 9.59 Å².